The Balaban J connectivity index is 2.35. The molecular weight excluding hydrogens is 258 g/mol. The summed E-state index contributed by atoms with van der Waals surface area (Å²) >= 11 is 1.57. The van der Waals surface area contributed by atoms with Crippen LogP contribution in [0.4, 0.5) is 0 Å². The number of hydrogen-bond donors (Lipinski definition) is 2. The fourth-order valence-electron chi connectivity index (χ4n) is 1.88. The number of amides is 1. The number of benzene rings is 1. The van der Waals surface area contributed by atoms with E-state index in [2.05, 4.69) is 18.3 Å². The minimum atomic E-state index is -0.836. The molecule has 19 heavy (non-hydrogen) atoms. The van der Waals surface area contributed by atoms with E-state index in [-0.39, 0.29) is 5.91 Å². The molecule has 0 saturated heterocycles. The van der Waals surface area contributed by atoms with Gasteiger partial charge in [-0.3, -0.25) is 4.79 Å². The highest BCUT2D eigenvalue weighted by Gasteiger charge is 2.20. The van der Waals surface area contributed by atoms with E-state index in [9.17, 15) is 9.90 Å². The molecule has 1 aromatic carbocycles. The molecule has 4 heteroatoms. The molecule has 0 saturated carbocycles. The zero-order valence-electron chi connectivity index (χ0n) is 11.9. The first-order chi connectivity index (χ1) is 8.94. The maximum absolute atomic E-state index is 11.7. The standard InChI is InChI=1S/C15H23NO2S/c1-12-6-4-5-7-13(12)8-9-14(17)16-10-15(2,18)11-19-3/h4-7,18H,8-11H2,1-3H3,(H,16,17). The molecule has 1 unspecified atom stereocenters. The van der Waals surface area contributed by atoms with Crippen molar-refractivity contribution in [1.82, 2.24) is 5.32 Å². The Labute approximate surface area is 119 Å². The van der Waals surface area contributed by atoms with Crippen LogP contribution in [0.25, 0.3) is 0 Å². The van der Waals surface area contributed by atoms with Crippen molar-refractivity contribution in [3.63, 3.8) is 0 Å². The van der Waals surface area contributed by atoms with Gasteiger partial charge in [0, 0.05) is 18.7 Å². The summed E-state index contributed by atoms with van der Waals surface area (Å²) in [4.78, 5) is 11.7. The molecule has 0 aromatic heterocycles. The van der Waals surface area contributed by atoms with Gasteiger partial charge in [0.05, 0.1) is 5.60 Å². The molecule has 1 aromatic rings. The van der Waals surface area contributed by atoms with Gasteiger partial charge in [0.25, 0.3) is 0 Å². The molecule has 0 aliphatic rings. The topological polar surface area (TPSA) is 49.3 Å². The molecule has 1 rings (SSSR count). The number of rotatable bonds is 7. The largest absolute Gasteiger partial charge is 0.387 e. The molecule has 0 radical (unpaired) electrons. The van der Waals surface area contributed by atoms with Crippen LogP contribution in [0.5, 0.6) is 0 Å². The molecule has 0 spiro atoms. The van der Waals surface area contributed by atoms with Crippen LogP contribution in [0, 0.1) is 6.92 Å². The van der Waals surface area contributed by atoms with Crippen LogP contribution in [-0.2, 0) is 11.2 Å². The lowest BCUT2D eigenvalue weighted by Crippen LogP contribution is -2.42. The molecule has 0 aliphatic carbocycles. The Bertz CT molecular complexity index is 418. The van der Waals surface area contributed by atoms with Crippen molar-refractivity contribution in [2.24, 2.45) is 0 Å². The second-order valence-electron chi connectivity index (χ2n) is 5.13. The zero-order chi connectivity index (χ0) is 14.3. The van der Waals surface area contributed by atoms with Crippen LogP contribution in [0.3, 0.4) is 0 Å². The molecule has 1 atom stereocenters. The highest BCUT2D eigenvalue weighted by molar-refractivity contribution is 7.98. The summed E-state index contributed by atoms with van der Waals surface area (Å²) in [6.45, 7) is 4.10. The van der Waals surface area contributed by atoms with Gasteiger partial charge in [-0.2, -0.15) is 11.8 Å². The van der Waals surface area contributed by atoms with Crippen molar-refractivity contribution < 1.29 is 9.90 Å². The number of aryl methyl sites for hydroxylation is 2. The highest BCUT2D eigenvalue weighted by Crippen LogP contribution is 2.11. The van der Waals surface area contributed by atoms with Gasteiger partial charge in [-0.15, -0.1) is 0 Å². The van der Waals surface area contributed by atoms with E-state index in [1.165, 1.54) is 11.1 Å². The van der Waals surface area contributed by atoms with Crippen molar-refractivity contribution in [1.29, 1.82) is 0 Å². The molecule has 1 amide bonds. The molecule has 3 nitrogen and oxygen atoms in total. The zero-order valence-corrected chi connectivity index (χ0v) is 12.7. The van der Waals surface area contributed by atoms with E-state index in [0.29, 0.717) is 18.7 Å². The molecule has 2 N–H and O–H groups in total. The second kappa shape index (κ2) is 7.56. The van der Waals surface area contributed by atoms with E-state index in [4.69, 9.17) is 0 Å². The van der Waals surface area contributed by atoms with Crippen LogP contribution in [-0.4, -0.2) is 35.2 Å². The summed E-state index contributed by atoms with van der Waals surface area (Å²) in [6, 6.07) is 8.09. The maximum atomic E-state index is 11.7. The second-order valence-corrected chi connectivity index (χ2v) is 6.00. The average molecular weight is 281 g/mol. The first kappa shape index (κ1) is 16.1. The van der Waals surface area contributed by atoms with Gasteiger partial charge in [-0.05, 0) is 37.7 Å². The monoisotopic (exact) mass is 281 g/mol. The minimum Gasteiger partial charge on any atom is -0.387 e. The fourth-order valence-corrected chi connectivity index (χ4v) is 2.60. The summed E-state index contributed by atoms with van der Waals surface area (Å²) in [5.74, 6) is 0.607. The van der Waals surface area contributed by atoms with Gasteiger partial charge in [-0.25, -0.2) is 0 Å². The smallest absolute Gasteiger partial charge is 0.220 e. The first-order valence-electron chi connectivity index (χ1n) is 6.47. The van der Waals surface area contributed by atoms with E-state index in [1.807, 2.05) is 24.5 Å². The molecular formula is C15H23NO2S. The van der Waals surface area contributed by atoms with Crippen molar-refractivity contribution in [3.05, 3.63) is 35.4 Å². The van der Waals surface area contributed by atoms with Crippen LogP contribution >= 0.6 is 11.8 Å². The van der Waals surface area contributed by atoms with Crippen LogP contribution < -0.4 is 5.32 Å². The summed E-state index contributed by atoms with van der Waals surface area (Å²) in [5, 5.41) is 12.8. The van der Waals surface area contributed by atoms with Crippen molar-refractivity contribution in [2.75, 3.05) is 18.6 Å². The van der Waals surface area contributed by atoms with E-state index in [0.717, 1.165) is 6.42 Å². The molecule has 106 valence electrons. The number of thioether (sulfide) groups is 1. The van der Waals surface area contributed by atoms with Gasteiger partial charge < -0.3 is 10.4 Å². The fraction of sp³-hybridized carbons (Fsp3) is 0.533. The third kappa shape index (κ3) is 6.12. The number of carbonyl (C=O) groups is 1. The van der Waals surface area contributed by atoms with Gasteiger partial charge in [0.15, 0.2) is 0 Å². The average Bonchev–Trinajstić information content (AvgIpc) is 2.35. The van der Waals surface area contributed by atoms with Gasteiger partial charge in [0.2, 0.25) is 5.91 Å². The lowest BCUT2D eigenvalue weighted by atomic mass is 10.0. The SMILES string of the molecule is CSCC(C)(O)CNC(=O)CCc1ccccc1C. The van der Waals surface area contributed by atoms with Crippen molar-refractivity contribution >= 4 is 17.7 Å². The predicted octanol–water partition coefficient (Wildman–Crippen LogP) is 2.16. The van der Waals surface area contributed by atoms with Gasteiger partial charge >= 0.3 is 0 Å². The van der Waals surface area contributed by atoms with Crippen LogP contribution in [0.15, 0.2) is 24.3 Å². The quantitative estimate of drug-likeness (QED) is 0.805. The molecule has 0 bridgehead atoms. The Morgan fingerprint density at radius 2 is 2.11 bits per heavy atom. The first-order valence-corrected chi connectivity index (χ1v) is 7.86. The third-order valence-corrected chi connectivity index (χ3v) is 3.91. The van der Waals surface area contributed by atoms with Crippen molar-refractivity contribution in [3.8, 4) is 0 Å². The van der Waals surface area contributed by atoms with Gasteiger partial charge in [0.1, 0.15) is 0 Å². The Morgan fingerprint density at radius 3 is 2.74 bits per heavy atom. The molecule has 0 heterocycles. The van der Waals surface area contributed by atoms with Crippen LogP contribution in [0.1, 0.15) is 24.5 Å². The number of nitrogens with one attached hydrogen (secondary N) is 1. The Kier molecular flexibility index (Phi) is 6.38. The number of aliphatic hydroxyl groups is 1. The molecule has 0 aliphatic heterocycles. The minimum absolute atomic E-state index is 0.00960. The third-order valence-electron chi connectivity index (χ3n) is 3.00. The highest BCUT2D eigenvalue weighted by atomic mass is 32.2. The lowest BCUT2D eigenvalue weighted by Gasteiger charge is -2.22. The summed E-state index contributed by atoms with van der Waals surface area (Å²) in [5.41, 5.74) is 1.58. The molecule has 0 fully saturated rings. The Hall–Kier alpha value is -1.00. The normalized spacial score (nSPS) is 13.9. The van der Waals surface area contributed by atoms with E-state index in [1.54, 1.807) is 18.7 Å². The number of hydrogen-bond acceptors (Lipinski definition) is 3. The van der Waals surface area contributed by atoms with E-state index < -0.39 is 5.60 Å². The summed E-state index contributed by atoms with van der Waals surface area (Å²) < 4.78 is 0. The van der Waals surface area contributed by atoms with E-state index >= 15 is 0 Å². The summed E-state index contributed by atoms with van der Waals surface area (Å²) in [6.07, 6.45) is 3.14. The predicted molar refractivity (Wildman–Crippen MR) is 81.5 cm³/mol. The van der Waals surface area contributed by atoms with Crippen LogP contribution in [0.2, 0.25) is 0 Å². The summed E-state index contributed by atoms with van der Waals surface area (Å²) in [7, 11) is 0. The van der Waals surface area contributed by atoms with Gasteiger partial charge in [-0.1, -0.05) is 24.3 Å². The lowest BCUT2D eigenvalue weighted by molar-refractivity contribution is -0.122. The van der Waals surface area contributed by atoms with Crippen molar-refractivity contribution in [2.45, 2.75) is 32.3 Å². The Morgan fingerprint density at radius 1 is 1.42 bits per heavy atom. The maximum Gasteiger partial charge on any atom is 0.220 e. The number of carbonyl (C=O) groups excluding carboxylic acids is 1.